The molecule has 188 valence electrons. The van der Waals surface area contributed by atoms with Crippen LogP contribution < -0.4 is 0 Å². The summed E-state index contributed by atoms with van der Waals surface area (Å²) in [6, 6.07) is 21.2. The topological polar surface area (TPSA) is 57.7 Å². The predicted molar refractivity (Wildman–Crippen MR) is 138 cm³/mol. The van der Waals surface area contributed by atoms with E-state index in [1.807, 2.05) is 30.3 Å². The summed E-state index contributed by atoms with van der Waals surface area (Å²) in [6.45, 7) is 0.836. The summed E-state index contributed by atoms with van der Waals surface area (Å²) in [6.07, 6.45) is 2.75. The van der Waals surface area contributed by atoms with Crippen molar-refractivity contribution in [2.45, 2.75) is 48.6 Å². The number of benzene rings is 3. The van der Waals surface area contributed by atoms with Gasteiger partial charge in [0, 0.05) is 35.6 Å². The third-order valence-electron chi connectivity index (χ3n) is 7.31. The third kappa shape index (κ3) is 4.80. The highest BCUT2D eigenvalue weighted by Gasteiger charge is 2.48. The molecule has 0 aromatic heterocycles. The zero-order valence-corrected chi connectivity index (χ0v) is 21.3. The van der Waals surface area contributed by atoms with Gasteiger partial charge in [0.05, 0.1) is 10.9 Å². The third-order valence-corrected chi connectivity index (χ3v) is 9.46. The highest BCUT2D eigenvalue weighted by Crippen LogP contribution is 2.41. The average Bonchev–Trinajstić information content (AvgIpc) is 3.11. The van der Waals surface area contributed by atoms with Crippen molar-refractivity contribution in [3.8, 4) is 0 Å². The zero-order chi connectivity index (χ0) is 25.3. The maximum atomic E-state index is 14.0. The van der Waals surface area contributed by atoms with Gasteiger partial charge in [0.1, 0.15) is 5.82 Å². The molecule has 36 heavy (non-hydrogen) atoms. The van der Waals surface area contributed by atoms with Gasteiger partial charge in [0.25, 0.3) is 5.91 Å². The molecular weight excluding hydrogens is 499 g/mol. The first-order valence-electron chi connectivity index (χ1n) is 12.2. The summed E-state index contributed by atoms with van der Waals surface area (Å²) in [4.78, 5) is 15.7. The molecule has 3 aromatic carbocycles. The van der Waals surface area contributed by atoms with E-state index in [0.717, 1.165) is 18.4 Å². The van der Waals surface area contributed by atoms with Crippen LogP contribution in [-0.4, -0.2) is 48.7 Å². The number of amides is 1. The maximum Gasteiger partial charge on any atom is 0.254 e. The molecule has 1 amide bonds. The molecule has 0 N–H and O–H groups in total. The van der Waals surface area contributed by atoms with Crippen molar-refractivity contribution >= 4 is 27.5 Å². The molecule has 2 fully saturated rings. The first kappa shape index (κ1) is 24.9. The lowest BCUT2D eigenvalue weighted by atomic mass is 9.80. The van der Waals surface area contributed by atoms with Crippen LogP contribution in [0, 0.1) is 5.82 Å². The zero-order valence-electron chi connectivity index (χ0n) is 19.8. The Hall–Kier alpha value is -2.74. The number of hydrogen-bond donors (Lipinski definition) is 0. The van der Waals surface area contributed by atoms with E-state index in [9.17, 15) is 17.6 Å². The lowest BCUT2D eigenvalue weighted by molar-refractivity contribution is 0.0465. The van der Waals surface area contributed by atoms with E-state index in [4.69, 9.17) is 11.6 Å². The maximum absolute atomic E-state index is 14.0. The molecule has 2 heterocycles. The Labute approximate surface area is 216 Å². The standard InChI is InChI=1S/C28H28ClFN2O3S/c29-22-11-7-13-24(19-22)36(34,35)32-17-15-25(20-8-2-1-3-9-20)27-26(32)14-4-5-16-31(27)28(33)21-10-6-12-23(30)18-21/h1-3,6-13,18-19,25-27H,4-5,14-17H2/t25-,26-,27-/m1/s1. The highest BCUT2D eigenvalue weighted by atomic mass is 35.5. The van der Waals surface area contributed by atoms with Crippen LogP contribution >= 0.6 is 11.6 Å². The number of halogens is 2. The Kier molecular flexibility index (Phi) is 7.15. The van der Waals surface area contributed by atoms with Gasteiger partial charge in [-0.1, -0.05) is 60.5 Å². The van der Waals surface area contributed by atoms with E-state index >= 15 is 0 Å². The Morgan fingerprint density at radius 3 is 2.42 bits per heavy atom. The van der Waals surface area contributed by atoms with Gasteiger partial charge in [0.15, 0.2) is 0 Å². The summed E-state index contributed by atoms with van der Waals surface area (Å²) in [5, 5.41) is 0.357. The highest BCUT2D eigenvalue weighted by molar-refractivity contribution is 7.89. The number of likely N-dealkylation sites (tertiary alicyclic amines) is 1. The van der Waals surface area contributed by atoms with Crippen LogP contribution in [0.3, 0.4) is 0 Å². The van der Waals surface area contributed by atoms with E-state index < -0.39 is 21.9 Å². The second-order valence-electron chi connectivity index (χ2n) is 9.44. The summed E-state index contributed by atoms with van der Waals surface area (Å²) < 4.78 is 43.3. The number of carbonyl (C=O) groups excluding carboxylic acids is 1. The molecule has 0 bridgehead atoms. The SMILES string of the molecule is O=C(c1cccc(F)c1)N1CCCC[C@@H]2[C@H]1[C@@H](c1ccccc1)CCN2S(=O)(=O)c1cccc(Cl)c1. The van der Waals surface area contributed by atoms with Gasteiger partial charge < -0.3 is 4.90 Å². The first-order chi connectivity index (χ1) is 17.4. The molecule has 5 nitrogen and oxygen atoms in total. The molecule has 3 atom stereocenters. The second-order valence-corrected chi connectivity index (χ2v) is 11.8. The molecular formula is C28H28ClFN2O3S. The van der Waals surface area contributed by atoms with Crippen LogP contribution in [0.4, 0.5) is 4.39 Å². The number of fused-ring (bicyclic) bond motifs is 1. The summed E-state index contributed by atoms with van der Waals surface area (Å²) >= 11 is 6.14. The van der Waals surface area contributed by atoms with E-state index in [-0.39, 0.29) is 28.3 Å². The smallest absolute Gasteiger partial charge is 0.254 e. The van der Waals surface area contributed by atoms with Gasteiger partial charge in [0.2, 0.25) is 10.0 Å². The van der Waals surface area contributed by atoms with Gasteiger partial charge in [-0.3, -0.25) is 4.79 Å². The van der Waals surface area contributed by atoms with Gasteiger partial charge in [-0.25, -0.2) is 12.8 Å². The molecule has 0 aliphatic carbocycles. The number of rotatable bonds is 4. The van der Waals surface area contributed by atoms with Crippen molar-refractivity contribution < 1.29 is 17.6 Å². The molecule has 8 heteroatoms. The molecule has 3 aromatic rings. The minimum absolute atomic E-state index is 0.0439. The van der Waals surface area contributed by atoms with Gasteiger partial charge >= 0.3 is 0 Å². The van der Waals surface area contributed by atoms with Crippen LogP contribution in [0.2, 0.25) is 5.02 Å². The molecule has 2 saturated heterocycles. The minimum atomic E-state index is -3.85. The van der Waals surface area contributed by atoms with E-state index in [2.05, 4.69) is 0 Å². The number of sulfonamides is 1. The van der Waals surface area contributed by atoms with Crippen molar-refractivity contribution in [2.75, 3.05) is 13.1 Å². The quantitative estimate of drug-likeness (QED) is 0.437. The molecule has 5 rings (SSSR count). The van der Waals surface area contributed by atoms with Gasteiger partial charge in [-0.2, -0.15) is 4.31 Å². The molecule has 0 radical (unpaired) electrons. The molecule has 2 aliphatic rings. The fraction of sp³-hybridized carbons (Fsp3) is 0.321. The summed E-state index contributed by atoms with van der Waals surface area (Å²) in [5.41, 5.74) is 1.35. The molecule has 0 spiro atoms. The summed E-state index contributed by atoms with van der Waals surface area (Å²) in [7, 11) is -3.85. The van der Waals surface area contributed by atoms with E-state index in [1.165, 1.54) is 24.3 Å². The fourth-order valence-electron chi connectivity index (χ4n) is 5.72. The Morgan fingerprint density at radius 1 is 0.889 bits per heavy atom. The number of hydrogen-bond acceptors (Lipinski definition) is 3. The number of piperidine rings is 1. The lowest BCUT2D eigenvalue weighted by Gasteiger charge is -2.48. The van der Waals surface area contributed by atoms with Crippen LogP contribution in [0.15, 0.2) is 83.8 Å². The van der Waals surface area contributed by atoms with Crippen molar-refractivity contribution in [1.82, 2.24) is 9.21 Å². The van der Waals surface area contributed by atoms with Crippen LogP contribution in [0.1, 0.15) is 47.5 Å². The van der Waals surface area contributed by atoms with Crippen LogP contribution in [-0.2, 0) is 10.0 Å². The number of nitrogens with zero attached hydrogens (tertiary/aromatic N) is 2. The van der Waals surface area contributed by atoms with Crippen LogP contribution in [0.5, 0.6) is 0 Å². The lowest BCUT2D eigenvalue weighted by Crippen LogP contribution is -2.60. The van der Waals surface area contributed by atoms with Crippen molar-refractivity contribution in [3.05, 3.63) is 101 Å². The fourth-order valence-corrected chi connectivity index (χ4v) is 7.70. The van der Waals surface area contributed by atoms with Gasteiger partial charge in [-0.05, 0) is 61.2 Å². The first-order valence-corrected chi connectivity index (χ1v) is 14.1. The van der Waals surface area contributed by atoms with Gasteiger partial charge in [-0.15, -0.1) is 0 Å². The van der Waals surface area contributed by atoms with E-state index in [1.54, 1.807) is 33.5 Å². The van der Waals surface area contributed by atoms with Crippen molar-refractivity contribution in [1.29, 1.82) is 0 Å². The average molecular weight is 527 g/mol. The second kappa shape index (κ2) is 10.3. The molecule has 2 aliphatic heterocycles. The normalized spacial score (nSPS) is 23.1. The van der Waals surface area contributed by atoms with Crippen molar-refractivity contribution in [3.63, 3.8) is 0 Å². The Balaban J connectivity index is 1.60. The van der Waals surface area contributed by atoms with Crippen LogP contribution in [0.25, 0.3) is 0 Å². The van der Waals surface area contributed by atoms with E-state index in [0.29, 0.717) is 31.0 Å². The number of carbonyl (C=O) groups is 1. The van der Waals surface area contributed by atoms with Crippen molar-refractivity contribution in [2.24, 2.45) is 0 Å². The summed E-state index contributed by atoms with van der Waals surface area (Å²) in [5.74, 6) is -0.785. The molecule has 0 unspecified atom stereocenters. The minimum Gasteiger partial charge on any atom is -0.333 e. The predicted octanol–water partition coefficient (Wildman–Crippen LogP) is 5.72. The Morgan fingerprint density at radius 2 is 1.67 bits per heavy atom. The largest absolute Gasteiger partial charge is 0.333 e. The monoisotopic (exact) mass is 526 g/mol. The Bertz CT molecular complexity index is 1350. The molecule has 0 saturated carbocycles.